The average Bonchev–Trinajstić information content (AvgIpc) is 3.03. The van der Waals surface area contributed by atoms with Gasteiger partial charge in [0.25, 0.3) is 0 Å². The molecular formula is C20H25N5OS. The summed E-state index contributed by atoms with van der Waals surface area (Å²) in [6, 6.07) is 5.96. The Kier molecular flexibility index (Phi) is 6.26. The molecule has 3 aromatic rings. The summed E-state index contributed by atoms with van der Waals surface area (Å²) in [5, 5.41) is 0.906. The van der Waals surface area contributed by atoms with Gasteiger partial charge in [0.2, 0.25) is 0 Å². The van der Waals surface area contributed by atoms with Crippen LogP contribution in [0.5, 0.6) is 0 Å². The van der Waals surface area contributed by atoms with Gasteiger partial charge in [-0.15, -0.1) is 0 Å². The van der Waals surface area contributed by atoms with E-state index in [4.69, 9.17) is 0 Å². The predicted molar refractivity (Wildman–Crippen MR) is 111 cm³/mol. The molecule has 0 aliphatic heterocycles. The fraction of sp³-hybridized carbons (Fsp3) is 0.350. The van der Waals surface area contributed by atoms with Gasteiger partial charge in [-0.1, -0.05) is 13.8 Å². The van der Waals surface area contributed by atoms with Crippen molar-refractivity contribution in [2.24, 2.45) is 5.92 Å². The second kappa shape index (κ2) is 8.65. The van der Waals surface area contributed by atoms with Gasteiger partial charge in [0, 0.05) is 72.4 Å². The van der Waals surface area contributed by atoms with Crippen molar-refractivity contribution in [3.8, 4) is 11.1 Å². The first-order chi connectivity index (χ1) is 13.0. The van der Waals surface area contributed by atoms with E-state index in [-0.39, 0.29) is 11.7 Å². The molecule has 142 valence electrons. The number of pyridine rings is 2. The Balaban J connectivity index is 1.98. The van der Waals surface area contributed by atoms with Gasteiger partial charge in [0.15, 0.2) is 5.78 Å². The fourth-order valence-electron chi connectivity index (χ4n) is 2.89. The van der Waals surface area contributed by atoms with Gasteiger partial charge < -0.3 is 4.57 Å². The SMILES string of the molecule is CC(C)C(=O)c1cn(CCNSN(C)C)c2ncc(-c3ccncc3)cc12. The van der Waals surface area contributed by atoms with E-state index >= 15 is 0 Å². The average molecular weight is 384 g/mol. The minimum atomic E-state index is -0.0592. The number of nitrogens with one attached hydrogen (secondary N) is 1. The van der Waals surface area contributed by atoms with Crippen molar-refractivity contribution in [1.29, 1.82) is 0 Å². The first-order valence-electron chi connectivity index (χ1n) is 8.98. The van der Waals surface area contributed by atoms with E-state index in [1.54, 1.807) is 24.5 Å². The second-order valence-electron chi connectivity index (χ2n) is 6.88. The maximum atomic E-state index is 12.8. The van der Waals surface area contributed by atoms with Gasteiger partial charge in [-0.3, -0.25) is 9.78 Å². The smallest absolute Gasteiger partial charge is 0.167 e. The Morgan fingerprint density at radius 2 is 2.00 bits per heavy atom. The third-order valence-corrected chi connectivity index (χ3v) is 4.92. The summed E-state index contributed by atoms with van der Waals surface area (Å²) in [5.74, 6) is 0.0825. The molecule has 3 rings (SSSR count). The predicted octanol–water partition coefficient (Wildman–Crippen LogP) is 3.65. The van der Waals surface area contributed by atoms with Gasteiger partial charge in [0.1, 0.15) is 5.65 Å². The van der Waals surface area contributed by atoms with Crippen molar-refractivity contribution in [2.75, 3.05) is 20.6 Å². The molecular weight excluding hydrogens is 358 g/mol. The molecule has 6 nitrogen and oxygen atoms in total. The van der Waals surface area contributed by atoms with Crippen LogP contribution in [-0.2, 0) is 6.54 Å². The molecule has 0 saturated carbocycles. The number of fused-ring (bicyclic) bond motifs is 1. The molecule has 1 N–H and O–H groups in total. The molecule has 0 aliphatic carbocycles. The first kappa shape index (κ1) is 19.5. The third-order valence-electron chi connectivity index (χ3n) is 4.22. The Bertz CT molecular complexity index is 921. The zero-order valence-electron chi connectivity index (χ0n) is 16.1. The number of carbonyl (C=O) groups excluding carboxylic acids is 1. The van der Waals surface area contributed by atoms with Crippen LogP contribution in [0.1, 0.15) is 24.2 Å². The van der Waals surface area contributed by atoms with Gasteiger partial charge in [-0.2, -0.15) is 0 Å². The second-order valence-corrected chi connectivity index (χ2v) is 8.09. The van der Waals surface area contributed by atoms with Crippen LogP contribution in [0.2, 0.25) is 0 Å². The number of nitrogens with zero attached hydrogens (tertiary/aromatic N) is 4. The fourth-order valence-corrected chi connectivity index (χ4v) is 3.33. The van der Waals surface area contributed by atoms with Gasteiger partial charge >= 0.3 is 0 Å². The molecule has 0 atom stereocenters. The lowest BCUT2D eigenvalue weighted by atomic mass is 10.00. The lowest BCUT2D eigenvalue weighted by Gasteiger charge is -2.10. The summed E-state index contributed by atoms with van der Waals surface area (Å²) in [6.07, 6.45) is 7.33. The highest BCUT2D eigenvalue weighted by atomic mass is 32.2. The zero-order chi connectivity index (χ0) is 19.4. The Morgan fingerprint density at radius 3 is 2.67 bits per heavy atom. The van der Waals surface area contributed by atoms with Crippen LogP contribution >= 0.6 is 12.1 Å². The molecule has 0 saturated heterocycles. The highest BCUT2D eigenvalue weighted by molar-refractivity contribution is 7.95. The van der Waals surface area contributed by atoms with E-state index in [2.05, 4.69) is 25.3 Å². The zero-order valence-corrected chi connectivity index (χ0v) is 17.0. The van der Waals surface area contributed by atoms with E-state index in [1.807, 2.05) is 56.8 Å². The quantitative estimate of drug-likeness (QED) is 0.364. The molecule has 0 aromatic carbocycles. The maximum absolute atomic E-state index is 12.8. The minimum absolute atomic E-state index is 0.0592. The number of hydrogen-bond donors (Lipinski definition) is 1. The van der Waals surface area contributed by atoms with Gasteiger partial charge in [-0.25, -0.2) is 14.0 Å². The van der Waals surface area contributed by atoms with Crippen LogP contribution in [-0.4, -0.2) is 45.3 Å². The van der Waals surface area contributed by atoms with Crippen LogP contribution in [0.3, 0.4) is 0 Å². The summed E-state index contributed by atoms with van der Waals surface area (Å²) in [7, 11) is 3.98. The molecule has 0 fully saturated rings. The number of aromatic nitrogens is 3. The van der Waals surface area contributed by atoms with Crippen LogP contribution in [0.25, 0.3) is 22.2 Å². The van der Waals surface area contributed by atoms with Crippen molar-refractivity contribution in [1.82, 2.24) is 23.6 Å². The Labute approximate surface area is 164 Å². The molecule has 0 aliphatic rings. The van der Waals surface area contributed by atoms with Crippen molar-refractivity contribution in [2.45, 2.75) is 20.4 Å². The number of carbonyl (C=O) groups is 1. The molecule has 3 aromatic heterocycles. The van der Waals surface area contributed by atoms with E-state index in [9.17, 15) is 4.79 Å². The summed E-state index contributed by atoms with van der Waals surface area (Å²) in [6.45, 7) is 5.38. The molecule has 7 heteroatoms. The number of Topliss-reactive ketones (excluding diaryl/α,β-unsaturated/α-hetero) is 1. The van der Waals surface area contributed by atoms with Crippen LogP contribution in [0, 0.1) is 5.92 Å². The van der Waals surface area contributed by atoms with Gasteiger partial charge in [0.05, 0.1) is 0 Å². The summed E-state index contributed by atoms with van der Waals surface area (Å²) in [4.78, 5) is 21.5. The molecule has 0 bridgehead atoms. The minimum Gasteiger partial charge on any atom is -0.330 e. The normalized spacial score (nSPS) is 11.6. The largest absolute Gasteiger partial charge is 0.330 e. The van der Waals surface area contributed by atoms with Crippen molar-refractivity contribution in [3.63, 3.8) is 0 Å². The molecule has 0 amide bonds. The first-order valence-corrected chi connectivity index (χ1v) is 9.75. The topological polar surface area (TPSA) is 63.1 Å². The van der Waals surface area contributed by atoms with Crippen molar-refractivity contribution < 1.29 is 4.79 Å². The maximum Gasteiger partial charge on any atom is 0.167 e. The number of ketones is 1. The summed E-state index contributed by atoms with van der Waals surface area (Å²) in [5.41, 5.74) is 3.61. The molecule has 0 unspecified atom stereocenters. The molecule has 27 heavy (non-hydrogen) atoms. The standard InChI is InChI=1S/C20H25N5OS/c1-14(2)19(26)18-13-25(10-9-23-27-24(3)4)20-17(18)11-16(12-22-20)15-5-7-21-8-6-15/h5-8,11-14,23H,9-10H2,1-4H3. The van der Waals surface area contributed by atoms with Gasteiger partial charge in [-0.05, 0) is 37.9 Å². The summed E-state index contributed by atoms with van der Waals surface area (Å²) >= 11 is 1.55. The molecule has 0 radical (unpaired) electrons. The monoisotopic (exact) mass is 383 g/mol. The lowest BCUT2D eigenvalue weighted by Crippen LogP contribution is -2.17. The van der Waals surface area contributed by atoms with E-state index < -0.39 is 0 Å². The van der Waals surface area contributed by atoms with Crippen LogP contribution < -0.4 is 4.72 Å². The van der Waals surface area contributed by atoms with Crippen molar-refractivity contribution in [3.05, 3.63) is 48.5 Å². The number of hydrogen-bond acceptors (Lipinski definition) is 6. The Hall–Kier alpha value is -2.22. The van der Waals surface area contributed by atoms with E-state index in [0.717, 1.165) is 40.8 Å². The summed E-state index contributed by atoms with van der Waals surface area (Å²) < 4.78 is 7.36. The molecule has 3 heterocycles. The number of rotatable bonds is 8. The van der Waals surface area contributed by atoms with E-state index in [0.29, 0.717) is 0 Å². The van der Waals surface area contributed by atoms with Crippen molar-refractivity contribution >= 4 is 29.0 Å². The van der Waals surface area contributed by atoms with Crippen LogP contribution in [0.4, 0.5) is 0 Å². The van der Waals surface area contributed by atoms with E-state index in [1.165, 1.54) is 0 Å². The lowest BCUT2D eigenvalue weighted by molar-refractivity contribution is 0.0941. The Morgan fingerprint density at radius 1 is 1.26 bits per heavy atom. The highest BCUT2D eigenvalue weighted by Gasteiger charge is 2.19. The van der Waals surface area contributed by atoms with Crippen LogP contribution in [0.15, 0.2) is 43.0 Å². The highest BCUT2D eigenvalue weighted by Crippen LogP contribution is 2.27. The third kappa shape index (κ3) is 4.55. The molecule has 0 spiro atoms.